The van der Waals surface area contributed by atoms with Crippen LogP contribution in [-0.4, -0.2) is 18.1 Å². The fourth-order valence-corrected chi connectivity index (χ4v) is 2.28. The Kier molecular flexibility index (Phi) is 3.14. The number of rotatable bonds is 1. The van der Waals surface area contributed by atoms with Crippen LogP contribution in [0.4, 0.5) is 11.5 Å². The first-order valence-corrected chi connectivity index (χ1v) is 6.12. The van der Waals surface area contributed by atoms with Crippen molar-refractivity contribution in [1.82, 2.24) is 4.98 Å². The molecule has 1 saturated heterocycles. The average Bonchev–Trinajstić information content (AvgIpc) is 2.20. The summed E-state index contributed by atoms with van der Waals surface area (Å²) in [5.74, 6) is 1.77. The minimum absolute atomic E-state index is 0.763. The van der Waals surface area contributed by atoms with E-state index >= 15 is 0 Å². The number of pyridine rings is 1. The molecule has 0 saturated carbocycles. The Morgan fingerprint density at radius 3 is 2.73 bits per heavy atom. The van der Waals surface area contributed by atoms with E-state index < -0.39 is 0 Å². The molecule has 3 nitrogen and oxygen atoms in total. The maximum Gasteiger partial charge on any atom is 0.151 e. The molecular formula is C11H16BrN3. The number of piperidine rings is 1. The van der Waals surface area contributed by atoms with E-state index in [9.17, 15) is 0 Å². The zero-order valence-electron chi connectivity index (χ0n) is 8.91. The summed E-state index contributed by atoms with van der Waals surface area (Å²) in [5, 5.41) is 0. The van der Waals surface area contributed by atoms with Gasteiger partial charge in [0, 0.05) is 23.8 Å². The molecule has 0 spiro atoms. The summed E-state index contributed by atoms with van der Waals surface area (Å²) in [5.41, 5.74) is 6.72. The van der Waals surface area contributed by atoms with E-state index in [4.69, 9.17) is 5.73 Å². The molecule has 2 rings (SSSR count). The van der Waals surface area contributed by atoms with Crippen molar-refractivity contribution < 1.29 is 0 Å². The second-order valence-electron chi connectivity index (χ2n) is 4.24. The number of anilines is 2. The number of nitrogen functional groups attached to an aromatic ring is 1. The molecule has 0 aliphatic carbocycles. The molecule has 1 aliphatic rings. The maximum absolute atomic E-state index is 5.95. The lowest BCUT2D eigenvalue weighted by Crippen LogP contribution is -2.33. The van der Waals surface area contributed by atoms with Gasteiger partial charge in [-0.1, -0.05) is 6.92 Å². The molecular weight excluding hydrogens is 254 g/mol. The summed E-state index contributed by atoms with van der Waals surface area (Å²) in [6, 6.07) is 1.92. The highest BCUT2D eigenvalue weighted by molar-refractivity contribution is 9.10. The highest BCUT2D eigenvalue weighted by atomic mass is 79.9. The third kappa shape index (κ3) is 2.43. The largest absolute Gasteiger partial charge is 0.396 e. The van der Waals surface area contributed by atoms with Crippen LogP contribution in [0.1, 0.15) is 19.8 Å². The standard InChI is InChI=1S/C11H16BrN3/c1-8-2-4-15(5-3-8)11-10(13)6-9(12)7-14-11/h6-8H,2-5,13H2,1H3. The quantitative estimate of drug-likeness (QED) is 0.853. The SMILES string of the molecule is CC1CCN(c2ncc(Br)cc2N)CC1. The Balaban J connectivity index is 2.15. The molecule has 0 radical (unpaired) electrons. The van der Waals surface area contributed by atoms with Crippen molar-refractivity contribution in [2.24, 2.45) is 5.92 Å². The Hall–Kier alpha value is -0.770. The summed E-state index contributed by atoms with van der Waals surface area (Å²) in [4.78, 5) is 6.66. The number of aromatic nitrogens is 1. The van der Waals surface area contributed by atoms with Crippen molar-refractivity contribution >= 4 is 27.4 Å². The summed E-state index contributed by atoms with van der Waals surface area (Å²) >= 11 is 3.37. The van der Waals surface area contributed by atoms with Gasteiger partial charge in [-0.25, -0.2) is 4.98 Å². The molecule has 1 fully saturated rings. The molecule has 2 N–H and O–H groups in total. The van der Waals surface area contributed by atoms with Crippen LogP contribution in [0.5, 0.6) is 0 Å². The highest BCUT2D eigenvalue weighted by Crippen LogP contribution is 2.27. The molecule has 1 aromatic heterocycles. The molecule has 0 amide bonds. The van der Waals surface area contributed by atoms with Gasteiger partial charge in [0.1, 0.15) is 0 Å². The zero-order chi connectivity index (χ0) is 10.8. The smallest absolute Gasteiger partial charge is 0.151 e. The predicted molar refractivity (Wildman–Crippen MR) is 67.0 cm³/mol. The number of nitrogens with two attached hydrogens (primary N) is 1. The molecule has 15 heavy (non-hydrogen) atoms. The molecule has 2 heterocycles. The lowest BCUT2D eigenvalue weighted by molar-refractivity contribution is 0.437. The van der Waals surface area contributed by atoms with Crippen molar-refractivity contribution in [2.45, 2.75) is 19.8 Å². The van der Waals surface area contributed by atoms with Crippen molar-refractivity contribution in [1.29, 1.82) is 0 Å². The lowest BCUT2D eigenvalue weighted by Gasteiger charge is -2.31. The van der Waals surface area contributed by atoms with E-state index in [0.717, 1.165) is 35.0 Å². The van der Waals surface area contributed by atoms with E-state index in [1.54, 1.807) is 0 Å². The Morgan fingerprint density at radius 2 is 2.13 bits per heavy atom. The average molecular weight is 270 g/mol. The van der Waals surface area contributed by atoms with Crippen LogP contribution >= 0.6 is 15.9 Å². The van der Waals surface area contributed by atoms with Crippen molar-refractivity contribution in [3.63, 3.8) is 0 Å². The topological polar surface area (TPSA) is 42.2 Å². The number of halogens is 1. The van der Waals surface area contributed by atoms with Gasteiger partial charge < -0.3 is 10.6 Å². The van der Waals surface area contributed by atoms with Gasteiger partial charge in [0.05, 0.1) is 5.69 Å². The van der Waals surface area contributed by atoms with Gasteiger partial charge >= 0.3 is 0 Å². The van der Waals surface area contributed by atoms with E-state index in [-0.39, 0.29) is 0 Å². The monoisotopic (exact) mass is 269 g/mol. The van der Waals surface area contributed by atoms with Crippen molar-refractivity contribution in [3.05, 3.63) is 16.7 Å². The normalized spacial score (nSPS) is 18.1. The number of hydrogen-bond acceptors (Lipinski definition) is 3. The van der Waals surface area contributed by atoms with Crippen molar-refractivity contribution in [2.75, 3.05) is 23.7 Å². The third-order valence-corrected chi connectivity index (χ3v) is 3.38. The summed E-state index contributed by atoms with van der Waals surface area (Å²) < 4.78 is 0.939. The first kappa shape index (κ1) is 10.7. The molecule has 0 bridgehead atoms. The molecule has 0 aromatic carbocycles. The zero-order valence-corrected chi connectivity index (χ0v) is 10.5. The molecule has 82 valence electrons. The van der Waals surface area contributed by atoms with Crippen LogP contribution in [0.15, 0.2) is 16.7 Å². The summed E-state index contributed by atoms with van der Waals surface area (Å²) in [7, 11) is 0. The predicted octanol–water partition coefficient (Wildman–Crippen LogP) is 2.66. The number of nitrogens with zero attached hydrogens (tertiary/aromatic N) is 2. The lowest BCUT2D eigenvalue weighted by atomic mass is 9.99. The molecule has 1 aliphatic heterocycles. The van der Waals surface area contributed by atoms with Gasteiger partial charge in [-0.05, 0) is 40.8 Å². The fourth-order valence-electron chi connectivity index (χ4n) is 1.93. The second-order valence-corrected chi connectivity index (χ2v) is 5.15. The van der Waals surface area contributed by atoms with E-state index in [1.807, 2.05) is 12.3 Å². The maximum atomic E-state index is 5.95. The van der Waals surface area contributed by atoms with Crippen LogP contribution in [0, 0.1) is 5.92 Å². The molecule has 4 heteroatoms. The van der Waals surface area contributed by atoms with E-state index in [0.29, 0.717) is 0 Å². The molecule has 0 unspecified atom stereocenters. The highest BCUT2D eigenvalue weighted by Gasteiger charge is 2.18. The Labute approximate surface area is 98.8 Å². The van der Waals surface area contributed by atoms with Crippen molar-refractivity contribution in [3.8, 4) is 0 Å². The molecule has 1 aromatic rings. The van der Waals surface area contributed by atoms with Gasteiger partial charge in [0.25, 0.3) is 0 Å². The third-order valence-electron chi connectivity index (χ3n) is 2.94. The van der Waals surface area contributed by atoms with Gasteiger partial charge in [0.2, 0.25) is 0 Å². The van der Waals surface area contributed by atoms with Crippen LogP contribution < -0.4 is 10.6 Å². The van der Waals surface area contributed by atoms with Gasteiger partial charge in [-0.15, -0.1) is 0 Å². The van der Waals surface area contributed by atoms with E-state index in [1.165, 1.54) is 12.8 Å². The minimum Gasteiger partial charge on any atom is -0.396 e. The first-order valence-electron chi connectivity index (χ1n) is 5.33. The van der Waals surface area contributed by atoms with Gasteiger partial charge in [-0.3, -0.25) is 0 Å². The first-order chi connectivity index (χ1) is 7.16. The van der Waals surface area contributed by atoms with Gasteiger partial charge in [-0.2, -0.15) is 0 Å². The summed E-state index contributed by atoms with van der Waals surface area (Å²) in [6.45, 7) is 4.44. The summed E-state index contributed by atoms with van der Waals surface area (Å²) in [6.07, 6.45) is 4.28. The molecule has 0 atom stereocenters. The number of hydrogen-bond donors (Lipinski definition) is 1. The van der Waals surface area contributed by atoms with Crippen LogP contribution in [0.3, 0.4) is 0 Å². The van der Waals surface area contributed by atoms with E-state index in [2.05, 4.69) is 32.7 Å². The Morgan fingerprint density at radius 1 is 1.47 bits per heavy atom. The Bertz CT molecular complexity index is 346. The minimum atomic E-state index is 0.763. The van der Waals surface area contributed by atoms with Gasteiger partial charge in [0.15, 0.2) is 5.82 Å². The second kappa shape index (κ2) is 4.39. The van der Waals surface area contributed by atoms with Crippen LogP contribution in [-0.2, 0) is 0 Å². The fraction of sp³-hybridized carbons (Fsp3) is 0.545. The van der Waals surface area contributed by atoms with Crippen LogP contribution in [0.2, 0.25) is 0 Å². The van der Waals surface area contributed by atoms with Crippen LogP contribution in [0.25, 0.3) is 0 Å².